The molecule has 1 aromatic carbocycles. The number of phenols is 1. The van der Waals surface area contributed by atoms with Gasteiger partial charge >= 0.3 is 0 Å². The molecule has 0 aliphatic heterocycles. The van der Waals surface area contributed by atoms with E-state index in [1.807, 2.05) is 32.2 Å². The second-order valence-corrected chi connectivity index (χ2v) is 3.09. The summed E-state index contributed by atoms with van der Waals surface area (Å²) in [4.78, 5) is 0. The van der Waals surface area contributed by atoms with Crippen LogP contribution < -0.4 is 5.32 Å². The van der Waals surface area contributed by atoms with Gasteiger partial charge < -0.3 is 15.2 Å². The first-order valence-corrected chi connectivity index (χ1v) is 4.81. The van der Waals surface area contributed by atoms with Crippen molar-refractivity contribution in [1.82, 2.24) is 5.32 Å². The van der Waals surface area contributed by atoms with Gasteiger partial charge in [-0.15, -0.1) is 0 Å². The Labute approximate surface area is 84.7 Å². The Morgan fingerprint density at radius 3 is 2.71 bits per heavy atom. The summed E-state index contributed by atoms with van der Waals surface area (Å²) in [6.07, 6.45) is 0. The zero-order valence-electron chi connectivity index (χ0n) is 8.71. The number of hydrogen-bond acceptors (Lipinski definition) is 3. The SMILES string of the molecule is CCOCc1cccc(CNC)c1O. The number of ether oxygens (including phenoxy) is 1. The minimum Gasteiger partial charge on any atom is -0.507 e. The Hall–Kier alpha value is -1.06. The highest BCUT2D eigenvalue weighted by Crippen LogP contribution is 2.22. The van der Waals surface area contributed by atoms with E-state index in [1.54, 1.807) is 0 Å². The first-order valence-electron chi connectivity index (χ1n) is 4.81. The third-order valence-electron chi connectivity index (χ3n) is 2.03. The number of rotatable bonds is 5. The summed E-state index contributed by atoms with van der Waals surface area (Å²) in [7, 11) is 1.86. The molecule has 1 rings (SSSR count). The van der Waals surface area contributed by atoms with Gasteiger partial charge in [-0.2, -0.15) is 0 Å². The number of benzene rings is 1. The molecule has 3 heteroatoms. The summed E-state index contributed by atoms with van der Waals surface area (Å²) in [6.45, 7) is 3.75. The van der Waals surface area contributed by atoms with Crippen LogP contribution in [-0.2, 0) is 17.9 Å². The van der Waals surface area contributed by atoms with Crippen molar-refractivity contribution in [3.8, 4) is 5.75 Å². The minimum absolute atomic E-state index is 0.343. The molecule has 0 saturated carbocycles. The number of nitrogens with one attached hydrogen (secondary N) is 1. The lowest BCUT2D eigenvalue weighted by atomic mass is 10.1. The van der Waals surface area contributed by atoms with Crippen LogP contribution in [0.5, 0.6) is 5.75 Å². The Morgan fingerprint density at radius 1 is 1.36 bits per heavy atom. The zero-order chi connectivity index (χ0) is 10.4. The lowest BCUT2D eigenvalue weighted by molar-refractivity contribution is 0.132. The molecule has 3 nitrogen and oxygen atoms in total. The van der Waals surface area contributed by atoms with Crippen LogP contribution in [-0.4, -0.2) is 18.8 Å². The highest BCUT2D eigenvalue weighted by Gasteiger charge is 2.05. The third kappa shape index (κ3) is 2.72. The van der Waals surface area contributed by atoms with Gasteiger partial charge in [0.25, 0.3) is 0 Å². The van der Waals surface area contributed by atoms with Gasteiger partial charge in [0.1, 0.15) is 5.75 Å². The van der Waals surface area contributed by atoms with Crippen molar-refractivity contribution in [2.75, 3.05) is 13.7 Å². The number of para-hydroxylation sites is 1. The molecule has 0 spiro atoms. The second-order valence-electron chi connectivity index (χ2n) is 3.09. The maximum Gasteiger partial charge on any atom is 0.125 e. The van der Waals surface area contributed by atoms with Crippen molar-refractivity contribution in [2.24, 2.45) is 0 Å². The molecule has 0 fully saturated rings. The van der Waals surface area contributed by atoms with E-state index < -0.39 is 0 Å². The molecule has 2 N–H and O–H groups in total. The molecular formula is C11H17NO2. The van der Waals surface area contributed by atoms with Crippen molar-refractivity contribution in [3.05, 3.63) is 29.3 Å². The normalized spacial score (nSPS) is 10.4. The molecule has 0 aliphatic carbocycles. The smallest absolute Gasteiger partial charge is 0.125 e. The fourth-order valence-corrected chi connectivity index (χ4v) is 1.31. The molecule has 0 atom stereocenters. The summed E-state index contributed by atoms with van der Waals surface area (Å²) < 4.78 is 5.25. The van der Waals surface area contributed by atoms with Gasteiger partial charge in [0, 0.05) is 24.3 Å². The Balaban J connectivity index is 2.78. The zero-order valence-corrected chi connectivity index (χ0v) is 8.71. The van der Waals surface area contributed by atoms with E-state index in [4.69, 9.17) is 4.74 Å². The van der Waals surface area contributed by atoms with Crippen LogP contribution >= 0.6 is 0 Å². The maximum atomic E-state index is 9.83. The lowest BCUT2D eigenvalue weighted by Crippen LogP contribution is -2.06. The van der Waals surface area contributed by atoms with E-state index in [2.05, 4.69) is 5.32 Å². The molecule has 14 heavy (non-hydrogen) atoms. The minimum atomic E-state index is 0.343. The van der Waals surface area contributed by atoms with E-state index in [9.17, 15) is 5.11 Å². The van der Waals surface area contributed by atoms with Gasteiger partial charge in [0.05, 0.1) is 6.61 Å². The van der Waals surface area contributed by atoms with Gasteiger partial charge in [0.15, 0.2) is 0 Å². The Morgan fingerprint density at radius 2 is 2.07 bits per heavy atom. The first kappa shape index (κ1) is 11.0. The molecule has 78 valence electrons. The molecule has 0 aromatic heterocycles. The lowest BCUT2D eigenvalue weighted by Gasteiger charge is -2.09. The van der Waals surface area contributed by atoms with Crippen LogP contribution in [0.2, 0.25) is 0 Å². The number of aromatic hydroxyl groups is 1. The van der Waals surface area contributed by atoms with Crippen LogP contribution in [0, 0.1) is 0 Å². The predicted octanol–water partition coefficient (Wildman–Crippen LogP) is 1.65. The second kappa shape index (κ2) is 5.62. The summed E-state index contributed by atoms with van der Waals surface area (Å²) in [5, 5.41) is 12.8. The van der Waals surface area contributed by atoms with Crippen molar-refractivity contribution >= 4 is 0 Å². The molecule has 0 aliphatic rings. The molecule has 0 unspecified atom stereocenters. The summed E-state index contributed by atoms with van der Waals surface area (Å²) >= 11 is 0. The van der Waals surface area contributed by atoms with Gasteiger partial charge in [0.2, 0.25) is 0 Å². The molecule has 0 radical (unpaired) electrons. The van der Waals surface area contributed by atoms with E-state index >= 15 is 0 Å². The standard InChI is InChI=1S/C11H17NO2/c1-3-14-8-10-6-4-5-9(7-12-2)11(10)13/h4-6,12-13H,3,7-8H2,1-2H3. The van der Waals surface area contributed by atoms with Crippen molar-refractivity contribution in [2.45, 2.75) is 20.1 Å². The highest BCUT2D eigenvalue weighted by molar-refractivity contribution is 5.39. The van der Waals surface area contributed by atoms with Gasteiger partial charge in [-0.3, -0.25) is 0 Å². The van der Waals surface area contributed by atoms with E-state index in [0.717, 1.165) is 11.1 Å². The van der Waals surface area contributed by atoms with Gasteiger partial charge in [-0.25, -0.2) is 0 Å². The van der Waals surface area contributed by atoms with Crippen LogP contribution in [0.25, 0.3) is 0 Å². The van der Waals surface area contributed by atoms with Crippen molar-refractivity contribution in [3.63, 3.8) is 0 Å². The molecular weight excluding hydrogens is 178 g/mol. The molecule has 1 aromatic rings. The van der Waals surface area contributed by atoms with E-state index in [1.165, 1.54) is 0 Å². The average Bonchev–Trinajstić information content (AvgIpc) is 2.20. The monoisotopic (exact) mass is 195 g/mol. The Bertz CT molecular complexity index is 287. The predicted molar refractivity (Wildman–Crippen MR) is 56.2 cm³/mol. The maximum absolute atomic E-state index is 9.83. The van der Waals surface area contributed by atoms with Gasteiger partial charge in [-0.1, -0.05) is 18.2 Å². The average molecular weight is 195 g/mol. The van der Waals surface area contributed by atoms with Crippen LogP contribution in [0.15, 0.2) is 18.2 Å². The molecule has 0 amide bonds. The molecule has 0 saturated heterocycles. The van der Waals surface area contributed by atoms with Crippen LogP contribution in [0.3, 0.4) is 0 Å². The summed E-state index contributed by atoms with van der Waals surface area (Å²) in [6, 6.07) is 5.71. The summed E-state index contributed by atoms with van der Waals surface area (Å²) in [5.74, 6) is 0.343. The molecule has 0 heterocycles. The van der Waals surface area contributed by atoms with Crippen molar-refractivity contribution in [1.29, 1.82) is 0 Å². The fourth-order valence-electron chi connectivity index (χ4n) is 1.31. The first-order chi connectivity index (χ1) is 6.79. The Kier molecular flexibility index (Phi) is 4.43. The number of phenolic OH excluding ortho intramolecular Hbond substituents is 1. The topological polar surface area (TPSA) is 41.5 Å². The van der Waals surface area contributed by atoms with Crippen LogP contribution in [0.4, 0.5) is 0 Å². The van der Waals surface area contributed by atoms with E-state index in [0.29, 0.717) is 25.5 Å². The fraction of sp³-hybridized carbons (Fsp3) is 0.455. The van der Waals surface area contributed by atoms with E-state index in [-0.39, 0.29) is 0 Å². The quantitative estimate of drug-likeness (QED) is 0.750. The van der Waals surface area contributed by atoms with Gasteiger partial charge in [-0.05, 0) is 14.0 Å². The highest BCUT2D eigenvalue weighted by atomic mass is 16.5. The third-order valence-corrected chi connectivity index (χ3v) is 2.03. The largest absolute Gasteiger partial charge is 0.507 e. The number of hydrogen-bond donors (Lipinski definition) is 2. The molecule has 0 bridgehead atoms. The van der Waals surface area contributed by atoms with Crippen LogP contribution in [0.1, 0.15) is 18.1 Å². The summed E-state index contributed by atoms with van der Waals surface area (Å²) in [5.41, 5.74) is 1.75. The van der Waals surface area contributed by atoms with Crippen molar-refractivity contribution < 1.29 is 9.84 Å².